The number of nitrogens with two attached hydrogens (primary N) is 1. The highest BCUT2D eigenvalue weighted by molar-refractivity contribution is 9.10. The summed E-state index contributed by atoms with van der Waals surface area (Å²) in [7, 11) is -3.58. The summed E-state index contributed by atoms with van der Waals surface area (Å²) in [6.45, 7) is 0.318. The van der Waals surface area contributed by atoms with Crippen LogP contribution in [0.5, 0.6) is 0 Å². The minimum absolute atomic E-state index is 0.202. The molecule has 3 N–H and O–H groups in total. The van der Waals surface area contributed by atoms with Gasteiger partial charge in [0.05, 0.1) is 9.92 Å². The Morgan fingerprint density at radius 3 is 2.57 bits per heavy atom. The van der Waals surface area contributed by atoms with E-state index >= 15 is 0 Å². The highest BCUT2D eigenvalue weighted by Gasteiger charge is 2.27. The fraction of sp³-hybridized carbons (Fsp3) is 0.571. The minimum atomic E-state index is -3.58. The van der Waals surface area contributed by atoms with Crippen molar-refractivity contribution in [3.8, 4) is 0 Å². The Labute approximate surface area is 139 Å². The molecular formula is C14H20BrClN2O2S. The first-order valence-electron chi connectivity index (χ1n) is 7.11. The molecule has 1 atom stereocenters. The summed E-state index contributed by atoms with van der Waals surface area (Å²) in [5.74, 6) is 0.328. The van der Waals surface area contributed by atoms with Gasteiger partial charge in [0.25, 0.3) is 0 Å². The molecule has 1 aromatic rings. The molecule has 1 fully saturated rings. The van der Waals surface area contributed by atoms with Crippen molar-refractivity contribution >= 4 is 37.6 Å². The smallest absolute Gasteiger partial charge is 0.240 e. The van der Waals surface area contributed by atoms with E-state index < -0.39 is 10.0 Å². The molecule has 118 valence electrons. The molecule has 0 bridgehead atoms. The fourth-order valence-electron chi connectivity index (χ4n) is 2.78. The van der Waals surface area contributed by atoms with Crippen molar-refractivity contribution in [2.24, 2.45) is 11.7 Å². The van der Waals surface area contributed by atoms with Gasteiger partial charge in [-0.25, -0.2) is 13.1 Å². The maximum atomic E-state index is 12.5. The SMILES string of the molecule is NCC(NS(=O)(=O)c1ccc(Cl)c(Br)c1)C1CCCCC1. The third kappa shape index (κ3) is 4.42. The topological polar surface area (TPSA) is 72.2 Å². The molecule has 1 saturated carbocycles. The van der Waals surface area contributed by atoms with E-state index in [1.54, 1.807) is 6.07 Å². The van der Waals surface area contributed by atoms with Crippen molar-refractivity contribution in [3.63, 3.8) is 0 Å². The van der Waals surface area contributed by atoms with Crippen LogP contribution >= 0.6 is 27.5 Å². The number of hydrogen-bond donors (Lipinski definition) is 2. The molecule has 0 amide bonds. The van der Waals surface area contributed by atoms with Crippen molar-refractivity contribution in [1.29, 1.82) is 0 Å². The van der Waals surface area contributed by atoms with Crippen LogP contribution in [-0.4, -0.2) is 21.0 Å². The Balaban J connectivity index is 2.16. The van der Waals surface area contributed by atoms with Gasteiger partial charge >= 0.3 is 0 Å². The molecule has 0 saturated heterocycles. The molecule has 2 rings (SSSR count). The number of nitrogens with one attached hydrogen (secondary N) is 1. The molecule has 1 aromatic carbocycles. The average Bonchev–Trinajstić information content (AvgIpc) is 2.48. The lowest BCUT2D eigenvalue weighted by molar-refractivity contribution is 0.294. The molecule has 1 unspecified atom stereocenters. The van der Waals surface area contributed by atoms with E-state index in [9.17, 15) is 8.42 Å². The Morgan fingerprint density at radius 1 is 1.33 bits per heavy atom. The number of rotatable bonds is 5. The molecule has 4 nitrogen and oxygen atoms in total. The highest BCUT2D eigenvalue weighted by Crippen LogP contribution is 2.28. The van der Waals surface area contributed by atoms with Gasteiger partial charge in [0, 0.05) is 17.1 Å². The monoisotopic (exact) mass is 394 g/mol. The largest absolute Gasteiger partial charge is 0.329 e. The van der Waals surface area contributed by atoms with Crippen LogP contribution in [0.3, 0.4) is 0 Å². The molecule has 0 heterocycles. The Bertz CT molecular complexity index is 589. The van der Waals surface area contributed by atoms with Gasteiger partial charge in [-0.05, 0) is 52.9 Å². The van der Waals surface area contributed by atoms with Crippen LogP contribution in [0.2, 0.25) is 5.02 Å². The maximum absolute atomic E-state index is 12.5. The van der Waals surface area contributed by atoms with Gasteiger partial charge in [-0.3, -0.25) is 0 Å². The summed E-state index contributed by atoms with van der Waals surface area (Å²) < 4.78 is 28.3. The normalized spacial score (nSPS) is 18.6. The predicted molar refractivity (Wildman–Crippen MR) is 88.9 cm³/mol. The lowest BCUT2D eigenvalue weighted by atomic mass is 9.84. The summed E-state index contributed by atoms with van der Waals surface area (Å²) in [6.07, 6.45) is 5.60. The van der Waals surface area contributed by atoms with E-state index in [0.717, 1.165) is 25.7 Å². The van der Waals surface area contributed by atoms with E-state index in [1.807, 2.05) is 0 Å². The zero-order valence-electron chi connectivity index (χ0n) is 11.7. The van der Waals surface area contributed by atoms with Crippen LogP contribution in [0, 0.1) is 5.92 Å². The summed E-state index contributed by atoms with van der Waals surface area (Å²) in [5, 5.41) is 0.483. The zero-order valence-corrected chi connectivity index (χ0v) is 14.8. The molecule has 1 aliphatic carbocycles. The van der Waals surface area contributed by atoms with Crippen LogP contribution < -0.4 is 10.5 Å². The number of sulfonamides is 1. The van der Waals surface area contributed by atoms with E-state index in [0.29, 0.717) is 22.0 Å². The first kappa shape index (κ1) is 17.2. The quantitative estimate of drug-likeness (QED) is 0.803. The Morgan fingerprint density at radius 2 is 2.00 bits per heavy atom. The van der Waals surface area contributed by atoms with Crippen LogP contribution in [0.4, 0.5) is 0 Å². The van der Waals surface area contributed by atoms with Gasteiger partial charge in [-0.15, -0.1) is 0 Å². The molecule has 7 heteroatoms. The van der Waals surface area contributed by atoms with Gasteiger partial charge in [-0.2, -0.15) is 0 Å². The molecule has 0 radical (unpaired) electrons. The standard InChI is InChI=1S/C14H20BrClN2O2S/c15-12-8-11(6-7-13(12)16)21(19,20)18-14(9-17)10-4-2-1-3-5-10/h6-8,10,14,18H,1-5,9,17H2. The fourth-order valence-corrected chi connectivity index (χ4v) is 4.78. The zero-order chi connectivity index (χ0) is 15.5. The van der Waals surface area contributed by atoms with Gasteiger partial charge in [0.1, 0.15) is 0 Å². The minimum Gasteiger partial charge on any atom is -0.329 e. The number of benzene rings is 1. The van der Waals surface area contributed by atoms with Crippen LogP contribution in [0.1, 0.15) is 32.1 Å². The van der Waals surface area contributed by atoms with Crippen LogP contribution in [-0.2, 0) is 10.0 Å². The van der Waals surface area contributed by atoms with Gasteiger partial charge in [0.15, 0.2) is 0 Å². The Kier molecular flexibility index (Phi) is 6.08. The molecule has 0 aromatic heterocycles. The highest BCUT2D eigenvalue weighted by atomic mass is 79.9. The van der Waals surface area contributed by atoms with Crippen LogP contribution in [0.15, 0.2) is 27.6 Å². The molecule has 1 aliphatic rings. The first-order chi connectivity index (χ1) is 9.94. The van der Waals surface area contributed by atoms with E-state index in [-0.39, 0.29) is 10.9 Å². The van der Waals surface area contributed by atoms with Crippen LogP contribution in [0.25, 0.3) is 0 Å². The van der Waals surface area contributed by atoms with E-state index in [2.05, 4.69) is 20.7 Å². The van der Waals surface area contributed by atoms with Gasteiger partial charge in [0.2, 0.25) is 10.0 Å². The van der Waals surface area contributed by atoms with E-state index in [1.165, 1.54) is 18.6 Å². The predicted octanol–water partition coefficient (Wildman–Crippen LogP) is 3.29. The second-order valence-electron chi connectivity index (χ2n) is 5.44. The van der Waals surface area contributed by atoms with Gasteiger partial charge < -0.3 is 5.73 Å². The van der Waals surface area contributed by atoms with Crippen molar-refractivity contribution < 1.29 is 8.42 Å². The van der Waals surface area contributed by atoms with E-state index in [4.69, 9.17) is 17.3 Å². The summed E-state index contributed by atoms with van der Waals surface area (Å²) in [4.78, 5) is 0.202. The second-order valence-corrected chi connectivity index (χ2v) is 8.41. The third-order valence-corrected chi connectivity index (χ3v) is 6.68. The van der Waals surface area contributed by atoms with Crippen molar-refractivity contribution in [2.45, 2.75) is 43.0 Å². The maximum Gasteiger partial charge on any atom is 0.240 e. The summed E-state index contributed by atoms with van der Waals surface area (Å²) in [6, 6.07) is 4.38. The Hall–Kier alpha value is -0.140. The third-order valence-electron chi connectivity index (χ3n) is 3.98. The lowest BCUT2D eigenvalue weighted by Gasteiger charge is -2.29. The molecule has 0 spiro atoms. The summed E-state index contributed by atoms with van der Waals surface area (Å²) >= 11 is 9.15. The van der Waals surface area contributed by atoms with Gasteiger partial charge in [-0.1, -0.05) is 30.9 Å². The van der Waals surface area contributed by atoms with Crippen molar-refractivity contribution in [3.05, 3.63) is 27.7 Å². The van der Waals surface area contributed by atoms with Crippen molar-refractivity contribution in [1.82, 2.24) is 4.72 Å². The average molecular weight is 396 g/mol. The molecular weight excluding hydrogens is 376 g/mol. The number of halogens is 2. The first-order valence-corrected chi connectivity index (χ1v) is 9.77. The molecule has 0 aliphatic heterocycles. The molecule has 21 heavy (non-hydrogen) atoms. The number of hydrogen-bond acceptors (Lipinski definition) is 3. The second kappa shape index (κ2) is 7.42. The van der Waals surface area contributed by atoms with Crippen molar-refractivity contribution in [2.75, 3.05) is 6.54 Å². The lowest BCUT2D eigenvalue weighted by Crippen LogP contribution is -2.45. The summed E-state index contributed by atoms with van der Waals surface area (Å²) in [5.41, 5.74) is 5.79.